The van der Waals surface area contributed by atoms with Crippen LogP contribution < -0.4 is 4.72 Å². The Morgan fingerprint density at radius 3 is 2.45 bits per heavy atom. The highest BCUT2D eigenvalue weighted by Crippen LogP contribution is 2.27. The summed E-state index contributed by atoms with van der Waals surface area (Å²) in [6.45, 7) is 1.84. The van der Waals surface area contributed by atoms with Crippen molar-refractivity contribution in [3.05, 3.63) is 57.8 Å². The van der Waals surface area contributed by atoms with Crippen LogP contribution >= 0.6 is 15.9 Å². The topological polar surface area (TPSA) is 83.5 Å². The van der Waals surface area contributed by atoms with E-state index in [1.54, 1.807) is 18.2 Å². The van der Waals surface area contributed by atoms with Gasteiger partial charge in [-0.15, -0.1) is 0 Å². The van der Waals surface area contributed by atoms with Crippen molar-refractivity contribution >= 4 is 37.6 Å². The molecule has 0 saturated carbocycles. The molecule has 0 heterocycles. The molecule has 116 valence electrons. The second-order valence-electron chi connectivity index (χ2n) is 4.54. The van der Waals surface area contributed by atoms with Gasteiger partial charge < -0.3 is 5.11 Å². The standard InChI is InChI=1S/C14H11BrFNO4S/c1-8-2-4-12(10(15)6-8)17-22(20,21)13-5-3-9(14(18)19)7-11(13)16/h2-7,17H,1H3,(H,18,19). The van der Waals surface area contributed by atoms with Gasteiger partial charge in [-0.25, -0.2) is 17.6 Å². The zero-order valence-electron chi connectivity index (χ0n) is 11.3. The number of carboxylic acid groups (broad SMARTS) is 1. The summed E-state index contributed by atoms with van der Waals surface area (Å²) in [5, 5.41) is 8.76. The zero-order valence-corrected chi connectivity index (χ0v) is 13.7. The molecule has 0 amide bonds. The maximum Gasteiger partial charge on any atom is 0.335 e. The van der Waals surface area contributed by atoms with Crippen molar-refractivity contribution in [2.24, 2.45) is 0 Å². The van der Waals surface area contributed by atoms with Crippen LogP contribution in [0.25, 0.3) is 0 Å². The molecule has 0 aliphatic rings. The number of hydrogen-bond acceptors (Lipinski definition) is 3. The van der Waals surface area contributed by atoms with E-state index in [2.05, 4.69) is 20.7 Å². The van der Waals surface area contributed by atoms with E-state index in [4.69, 9.17) is 5.11 Å². The Balaban J connectivity index is 2.40. The molecule has 22 heavy (non-hydrogen) atoms. The highest BCUT2D eigenvalue weighted by atomic mass is 79.9. The van der Waals surface area contributed by atoms with Gasteiger partial charge in [0, 0.05) is 4.47 Å². The second kappa shape index (κ2) is 6.05. The van der Waals surface area contributed by atoms with E-state index in [-0.39, 0.29) is 11.3 Å². The summed E-state index contributed by atoms with van der Waals surface area (Å²) >= 11 is 3.22. The summed E-state index contributed by atoms with van der Waals surface area (Å²) in [6.07, 6.45) is 0. The lowest BCUT2D eigenvalue weighted by molar-refractivity contribution is 0.0696. The number of aromatic carboxylic acids is 1. The molecule has 0 aliphatic heterocycles. The number of sulfonamides is 1. The molecule has 0 aromatic heterocycles. The van der Waals surface area contributed by atoms with Crippen molar-refractivity contribution in [2.75, 3.05) is 4.72 Å². The number of carboxylic acids is 1. The quantitative estimate of drug-likeness (QED) is 0.841. The first-order chi connectivity index (χ1) is 10.2. The van der Waals surface area contributed by atoms with E-state index < -0.39 is 26.7 Å². The molecule has 0 saturated heterocycles. The first kappa shape index (κ1) is 16.4. The van der Waals surface area contributed by atoms with Gasteiger partial charge in [0.25, 0.3) is 10.0 Å². The summed E-state index contributed by atoms with van der Waals surface area (Å²) in [5.74, 6) is -2.47. The number of nitrogens with one attached hydrogen (secondary N) is 1. The lowest BCUT2D eigenvalue weighted by Crippen LogP contribution is -2.15. The number of anilines is 1. The average Bonchev–Trinajstić information content (AvgIpc) is 2.41. The minimum atomic E-state index is -4.17. The zero-order chi connectivity index (χ0) is 16.5. The van der Waals surface area contributed by atoms with Gasteiger partial charge in [0.15, 0.2) is 0 Å². The first-order valence-corrected chi connectivity index (χ1v) is 8.30. The molecule has 0 spiro atoms. The van der Waals surface area contributed by atoms with Crippen molar-refractivity contribution in [2.45, 2.75) is 11.8 Å². The smallest absolute Gasteiger partial charge is 0.335 e. The van der Waals surface area contributed by atoms with Crippen LogP contribution in [0.4, 0.5) is 10.1 Å². The number of carbonyl (C=O) groups is 1. The normalized spacial score (nSPS) is 11.2. The summed E-state index contributed by atoms with van der Waals surface area (Å²) in [7, 11) is -4.17. The number of hydrogen-bond donors (Lipinski definition) is 2. The molecule has 0 fully saturated rings. The maximum atomic E-state index is 13.9. The maximum absolute atomic E-state index is 13.9. The Kier molecular flexibility index (Phi) is 4.52. The van der Waals surface area contributed by atoms with E-state index in [0.29, 0.717) is 10.5 Å². The molecule has 0 aliphatic carbocycles. The molecule has 8 heteroatoms. The second-order valence-corrected chi connectivity index (χ2v) is 7.04. The number of benzene rings is 2. The highest BCUT2D eigenvalue weighted by Gasteiger charge is 2.21. The van der Waals surface area contributed by atoms with Gasteiger partial charge in [-0.2, -0.15) is 0 Å². The predicted molar refractivity (Wildman–Crippen MR) is 83.0 cm³/mol. The van der Waals surface area contributed by atoms with E-state index in [1.807, 2.05) is 6.92 Å². The van der Waals surface area contributed by atoms with Crippen LogP contribution in [-0.4, -0.2) is 19.5 Å². The molecule has 2 N–H and O–H groups in total. The fourth-order valence-corrected chi connectivity index (χ4v) is 3.62. The van der Waals surface area contributed by atoms with Crippen LogP contribution in [0.1, 0.15) is 15.9 Å². The molecule has 0 radical (unpaired) electrons. The van der Waals surface area contributed by atoms with Crippen LogP contribution in [0.2, 0.25) is 0 Å². The van der Waals surface area contributed by atoms with Crippen LogP contribution in [-0.2, 0) is 10.0 Å². The molecular weight excluding hydrogens is 377 g/mol. The van der Waals surface area contributed by atoms with Crippen LogP contribution in [0.15, 0.2) is 45.8 Å². The summed E-state index contributed by atoms with van der Waals surface area (Å²) in [4.78, 5) is 10.1. The number of rotatable bonds is 4. The highest BCUT2D eigenvalue weighted by molar-refractivity contribution is 9.10. The molecule has 2 aromatic rings. The molecule has 0 bridgehead atoms. The minimum Gasteiger partial charge on any atom is -0.478 e. The van der Waals surface area contributed by atoms with Crippen LogP contribution in [0.3, 0.4) is 0 Å². The van der Waals surface area contributed by atoms with E-state index in [1.165, 1.54) is 0 Å². The fraction of sp³-hybridized carbons (Fsp3) is 0.0714. The molecule has 2 rings (SSSR count). The Morgan fingerprint density at radius 2 is 1.91 bits per heavy atom. The van der Waals surface area contributed by atoms with Gasteiger partial charge >= 0.3 is 5.97 Å². The monoisotopic (exact) mass is 387 g/mol. The SMILES string of the molecule is Cc1ccc(NS(=O)(=O)c2ccc(C(=O)O)cc2F)c(Br)c1. The number of aryl methyl sites for hydroxylation is 1. The van der Waals surface area contributed by atoms with Crippen LogP contribution in [0.5, 0.6) is 0 Å². The van der Waals surface area contributed by atoms with Gasteiger partial charge in [0.1, 0.15) is 10.7 Å². The Hall–Kier alpha value is -1.93. The van der Waals surface area contributed by atoms with E-state index >= 15 is 0 Å². The molecule has 2 aromatic carbocycles. The van der Waals surface area contributed by atoms with Gasteiger partial charge in [-0.3, -0.25) is 4.72 Å². The largest absolute Gasteiger partial charge is 0.478 e. The summed E-state index contributed by atoms with van der Waals surface area (Å²) in [5.41, 5.74) is 0.854. The van der Waals surface area contributed by atoms with Gasteiger partial charge in [0.05, 0.1) is 11.3 Å². The Labute approximate surface area is 135 Å². The summed E-state index contributed by atoms with van der Waals surface area (Å²) in [6, 6.07) is 7.57. The minimum absolute atomic E-state index is 0.257. The van der Waals surface area contributed by atoms with Gasteiger partial charge in [-0.1, -0.05) is 6.07 Å². The van der Waals surface area contributed by atoms with Crippen molar-refractivity contribution in [3.8, 4) is 0 Å². The van der Waals surface area contributed by atoms with E-state index in [9.17, 15) is 17.6 Å². The predicted octanol–water partition coefficient (Wildman–Crippen LogP) is 3.40. The number of halogens is 2. The van der Waals surface area contributed by atoms with Crippen molar-refractivity contribution in [3.63, 3.8) is 0 Å². The summed E-state index contributed by atoms with van der Waals surface area (Å²) < 4.78 is 41.1. The third kappa shape index (κ3) is 3.45. The van der Waals surface area contributed by atoms with Crippen LogP contribution in [0, 0.1) is 12.7 Å². The lowest BCUT2D eigenvalue weighted by atomic mass is 10.2. The van der Waals surface area contributed by atoms with Crippen molar-refractivity contribution in [1.29, 1.82) is 0 Å². The van der Waals surface area contributed by atoms with Gasteiger partial charge in [0.2, 0.25) is 0 Å². The molecular formula is C14H11BrFNO4S. The van der Waals surface area contributed by atoms with E-state index in [0.717, 1.165) is 17.7 Å². The Bertz CT molecular complexity index is 852. The fourth-order valence-electron chi connectivity index (χ4n) is 1.75. The third-order valence-corrected chi connectivity index (χ3v) is 4.89. The van der Waals surface area contributed by atoms with Crippen molar-refractivity contribution in [1.82, 2.24) is 0 Å². The third-order valence-electron chi connectivity index (χ3n) is 2.84. The molecule has 5 nitrogen and oxygen atoms in total. The van der Waals surface area contributed by atoms with Crippen molar-refractivity contribution < 1.29 is 22.7 Å². The first-order valence-electron chi connectivity index (χ1n) is 6.02. The molecule has 0 unspecified atom stereocenters. The van der Waals surface area contributed by atoms with Gasteiger partial charge in [-0.05, 0) is 58.7 Å². The Morgan fingerprint density at radius 1 is 1.23 bits per heavy atom. The lowest BCUT2D eigenvalue weighted by Gasteiger charge is -2.11. The molecule has 0 atom stereocenters. The average molecular weight is 388 g/mol.